The van der Waals surface area contributed by atoms with E-state index in [1.54, 1.807) is 0 Å². The smallest absolute Gasteiger partial charge is 0.142 e. The Morgan fingerprint density at radius 1 is 1.19 bits per heavy atom. The van der Waals surface area contributed by atoms with E-state index < -0.39 is 5.82 Å². The van der Waals surface area contributed by atoms with Gasteiger partial charge in [-0.2, -0.15) is 0 Å². The first kappa shape index (κ1) is 13.9. The van der Waals surface area contributed by atoms with Crippen LogP contribution in [0.3, 0.4) is 0 Å². The Morgan fingerprint density at radius 2 is 2.00 bits per heavy atom. The SMILES string of the molecule is NCc1oc2ccccc2c1COc1ccc(F)c(Cl)c1. The van der Waals surface area contributed by atoms with Gasteiger partial charge in [-0.05, 0) is 18.2 Å². The van der Waals surface area contributed by atoms with E-state index in [9.17, 15) is 4.39 Å². The van der Waals surface area contributed by atoms with E-state index in [0.29, 0.717) is 11.5 Å². The molecule has 108 valence electrons. The van der Waals surface area contributed by atoms with Crippen LogP contribution < -0.4 is 10.5 Å². The van der Waals surface area contributed by atoms with Crippen LogP contribution in [0.5, 0.6) is 5.75 Å². The summed E-state index contributed by atoms with van der Waals surface area (Å²) in [5.41, 5.74) is 7.38. The number of para-hydroxylation sites is 1. The molecule has 0 aliphatic rings. The highest BCUT2D eigenvalue weighted by Gasteiger charge is 2.13. The van der Waals surface area contributed by atoms with Crippen LogP contribution in [0.1, 0.15) is 11.3 Å². The number of furan rings is 1. The summed E-state index contributed by atoms with van der Waals surface area (Å²) in [4.78, 5) is 0. The average molecular weight is 306 g/mol. The molecule has 0 spiro atoms. The van der Waals surface area contributed by atoms with E-state index in [4.69, 9.17) is 26.5 Å². The van der Waals surface area contributed by atoms with Gasteiger partial charge in [-0.15, -0.1) is 0 Å². The van der Waals surface area contributed by atoms with E-state index in [1.165, 1.54) is 18.2 Å². The molecule has 0 aliphatic heterocycles. The molecule has 1 heterocycles. The lowest BCUT2D eigenvalue weighted by atomic mass is 10.1. The van der Waals surface area contributed by atoms with Gasteiger partial charge in [0.25, 0.3) is 0 Å². The second-order valence-electron chi connectivity index (χ2n) is 4.57. The summed E-state index contributed by atoms with van der Waals surface area (Å²) >= 11 is 5.73. The quantitative estimate of drug-likeness (QED) is 0.783. The van der Waals surface area contributed by atoms with Crippen LogP contribution in [-0.2, 0) is 13.2 Å². The summed E-state index contributed by atoms with van der Waals surface area (Å²) in [7, 11) is 0. The normalized spacial score (nSPS) is 11.0. The number of rotatable bonds is 4. The number of ether oxygens (including phenoxy) is 1. The molecule has 1 aromatic heterocycles. The van der Waals surface area contributed by atoms with Crippen molar-refractivity contribution >= 4 is 22.6 Å². The van der Waals surface area contributed by atoms with Gasteiger partial charge in [-0.1, -0.05) is 29.8 Å². The lowest BCUT2D eigenvalue weighted by molar-refractivity contribution is 0.303. The van der Waals surface area contributed by atoms with Gasteiger partial charge in [0.15, 0.2) is 0 Å². The zero-order chi connectivity index (χ0) is 14.8. The molecule has 2 aromatic carbocycles. The van der Waals surface area contributed by atoms with Crippen LogP contribution in [0, 0.1) is 5.82 Å². The summed E-state index contributed by atoms with van der Waals surface area (Å²) in [6.07, 6.45) is 0. The third-order valence-electron chi connectivity index (χ3n) is 3.24. The summed E-state index contributed by atoms with van der Waals surface area (Å²) in [5, 5.41) is 0.995. The van der Waals surface area contributed by atoms with Gasteiger partial charge in [-0.25, -0.2) is 4.39 Å². The Kier molecular flexibility index (Phi) is 3.82. The molecule has 0 saturated heterocycles. The van der Waals surface area contributed by atoms with Crippen LogP contribution in [0.4, 0.5) is 4.39 Å². The Balaban J connectivity index is 1.89. The molecule has 0 saturated carbocycles. The van der Waals surface area contributed by atoms with Gasteiger partial charge in [0.2, 0.25) is 0 Å². The maximum absolute atomic E-state index is 13.1. The predicted molar refractivity (Wildman–Crippen MR) is 79.8 cm³/mol. The van der Waals surface area contributed by atoms with Crippen molar-refractivity contribution in [2.75, 3.05) is 0 Å². The van der Waals surface area contributed by atoms with Crippen molar-refractivity contribution in [3.05, 3.63) is 64.6 Å². The summed E-state index contributed by atoms with van der Waals surface area (Å²) in [6, 6.07) is 11.9. The Morgan fingerprint density at radius 3 is 2.76 bits per heavy atom. The molecule has 5 heteroatoms. The Bertz CT molecular complexity index is 785. The van der Waals surface area contributed by atoms with Crippen LogP contribution in [0.2, 0.25) is 5.02 Å². The standard InChI is InChI=1S/C16H13ClFNO2/c17-13-7-10(5-6-14(13)18)20-9-12-11-3-1-2-4-15(11)21-16(12)8-19/h1-7H,8-9,19H2. The highest BCUT2D eigenvalue weighted by atomic mass is 35.5. The van der Waals surface area contributed by atoms with E-state index >= 15 is 0 Å². The largest absolute Gasteiger partial charge is 0.489 e. The molecule has 0 aliphatic carbocycles. The molecule has 0 bridgehead atoms. The van der Waals surface area contributed by atoms with Crippen LogP contribution >= 0.6 is 11.6 Å². The first-order chi connectivity index (χ1) is 10.2. The molecule has 3 aromatic rings. The van der Waals surface area contributed by atoms with Crippen molar-refractivity contribution in [2.24, 2.45) is 5.73 Å². The van der Waals surface area contributed by atoms with E-state index in [-0.39, 0.29) is 18.2 Å². The highest BCUT2D eigenvalue weighted by Crippen LogP contribution is 2.28. The van der Waals surface area contributed by atoms with Crippen molar-refractivity contribution in [2.45, 2.75) is 13.2 Å². The third kappa shape index (κ3) is 2.73. The van der Waals surface area contributed by atoms with Crippen molar-refractivity contribution < 1.29 is 13.5 Å². The van der Waals surface area contributed by atoms with Gasteiger partial charge >= 0.3 is 0 Å². The first-order valence-electron chi connectivity index (χ1n) is 6.46. The number of hydrogen-bond donors (Lipinski definition) is 1. The molecule has 0 amide bonds. The minimum absolute atomic E-state index is 0.0311. The Hall–Kier alpha value is -2.04. The van der Waals surface area contributed by atoms with E-state index in [0.717, 1.165) is 16.5 Å². The number of halogens is 2. The fraction of sp³-hybridized carbons (Fsp3) is 0.125. The molecule has 0 radical (unpaired) electrons. The number of fused-ring (bicyclic) bond motifs is 1. The van der Waals surface area contributed by atoms with Crippen LogP contribution in [-0.4, -0.2) is 0 Å². The lowest BCUT2D eigenvalue weighted by Gasteiger charge is -2.07. The summed E-state index contributed by atoms with van der Waals surface area (Å²) in [5.74, 6) is 0.708. The zero-order valence-corrected chi connectivity index (χ0v) is 11.9. The minimum Gasteiger partial charge on any atom is -0.489 e. The number of hydrogen-bond acceptors (Lipinski definition) is 3. The summed E-state index contributed by atoms with van der Waals surface area (Å²) in [6.45, 7) is 0.572. The van der Waals surface area contributed by atoms with E-state index in [2.05, 4.69) is 0 Å². The zero-order valence-electron chi connectivity index (χ0n) is 11.1. The lowest BCUT2D eigenvalue weighted by Crippen LogP contribution is -2.02. The van der Waals surface area contributed by atoms with Gasteiger partial charge in [-0.3, -0.25) is 0 Å². The molecular weight excluding hydrogens is 293 g/mol. The minimum atomic E-state index is -0.472. The molecule has 0 unspecified atom stereocenters. The second kappa shape index (κ2) is 5.76. The van der Waals surface area contributed by atoms with Crippen LogP contribution in [0.25, 0.3) is 11.0 Å². The van der Waals surface area contributed by atoms with Gasteiger partial charge in [0.05, 0.1) is 11.6 Å². The highest BCUT2D eigenvalue weighted by molar-refractivity contribution is 6.30. The molecule has 0 atom stereocenters. The number of benzene rings is 2. The molecule has 3 rings (SSSR count). The number of nitrogens with two attached hydrogens (primary N) is 1. The molecule has 2 N–H and O–H groups in total. The maximum Gasteiger partial charge on any atom is 0.142 e. The topological polar surface area (TPSA) is 48.4 Å². The van der Waals surface area contributed by atoms with Crippen molar-refractivity contribution in [1.82, 2.24) is 0 Å². The molecule has 0 fully saturated rings. The van der Waals surface area contributed by atoms with E-state index in [1.807, 2.05) is 24.3 Å². The van der Waals surface area contributed by atoms with Gasteiger partial charge in [0, 0.05) is 17.0 Å². The monoisotopic (exact) mass is 305 g/mol. The fourth-order valence-corrected chi connectivity index (χ4v) is 2.37. The molecular formula is C16H13ClFNO2. The van der Waals surface area contributed by atoms with Crippen molar-refractivity contribution in [3.63, 3.8) is 0 Å². The molecule has 3 nitrogen and oxygen atoms in total. The first-order valence-corrected chi connectivity index (χ1v) is 6.84. The third-order valence-corrected chi connectivity index (χ3v) is 3.53. The predicted octanol–water partition coefficient (Wildman–Crippen LogP) is 4.26. The fourth-order valence-electron chi connectivity index (χ4n) is 2.19. The summed E-state index contributed by atoms with van der Waals surface area (Å²) < 4.78 is 24.5. The molecule has 21 heavy (non-hydrogen) atoms. The van der Waals surface area contributed by atoms with Gasteiger partial charge in [0.1, 0.15) is 29.5 Å². The maximum atomic E-state index is 13.1. The average Bonchev–Trinajstić information content (AvgIpc) is 2.86. The van der Waals surface area contributed by atoms with Gasteiger partial charge < -0.3 is 14.9 Å². The second-order valence-corrected chi connectivity index (χ2v) is 4.98. The Labute approximate surface area is 126 Å². The van der Waals surface area contributed by atoms with Crippen LogP contribution in [0.15, 0.2) is 46.9 Å². The van der Waals surface area contributed by atoms with Crippen molar-refractivity contribution in [1.29, 1.82) is 0 Å². The van der Waals surface area contributed by atoms with Crippen molar-refractivity contribution in [3.8, 4) is 5.75 Å².